The number of thiazole rings is 1. The Bertz CT molecular complexity index is 1040. The van der Waals surface area contributed by atoms with E-state index in [1.807, 2.05) is 11.6 Å². The molecule has 0 spiro atoms. The first kappa shape index (κ1) is 19.6. The molecule has 0 aliphatic carbocycles. The third-order valence-corrected chi connectivity index (χ3v) is 5.75. The lowest BCUT2D eigenvalue weighted by Crippen LogP contribution is -2.46. The fraction of sp³-hybridized carbons (Fsp3) is 0.389. The molecule has 0 bridgehead atoms. The number of hydrogen-bond acceptors (Lipinski definition) is 7. The Balaban J connectivity index is 1.48. The minimum absolute atomic E-state index is 0.0119. The zero-order valence-corrected chi connectivity index (χ0v) is 17.2. The molecule has 3 aromatic rings. The van der Waals surface area contributed by atoms with Gasteiger partial charge in [-0.3, -0.25) is 4.79 Å². The van der Waals surface area contributed by atoms with Crippen LogP contribution in [0.1, 0.15) is 30.3 Å². The summed E-state index contributed by atoms with van der Waals surface area (Å²) in [6.07, 6.45) is 4.38. The molecule has 0 radical (unpaired) electrons. The number of halogens is 1. The zero-order valence-electron chi connectivity index (χ0n) is 15.7. The topological polar surface area (TPSA) is 102 Å². The van der Waals surface area contributed by atoms with Crippen LogP contribution in [0.3, 0.4) is 0 Å². The number of piperidine rings is 1. The highest BCUT2D eigenvalue weighted by Gasteiger charge is 2.26. The summed E-state index contributed by atoms with van der Waals surface area (Å²) < 4.78 is 6.64. The molecule has 11 heteroatoms. The van der Waals surface area contributed by atoms with Gasteiger partial charge in [0.05, 0.1) is 18.4 Å². The van der Waals surface area contributed by atoms with Gasteiger partial charge in [-0.15, -0.1) is 11.3 Å². The molecule has 1 saturated heterocycles. The molecule has 1 N–H and O–H groups in total. The van der Waals surface area contributed by atoms with E-state index >= 15 is 0 Å². The molecule has 1 aliphatic heterocycles. The lowest BCUT2D eigenvalue weighted by atomic mass is 10.0. The van der Waals surface area contributed by atoms with Gasteiger partial charge in [-0.25, -0.2) is 19.3 Å². The van der Waals surface area contributed by atoms with Gasteiger partial charge in [0.25, 0.3) is 5.91 Å². The fourth-order valence-corrected chi connectivity index (χ4v) is 4.23. The van der Waals surface area contributed by atoms with Crippen LogP contribution in [0.5, 0.6) is 0 Å². The number of aromatic nitrogens is 4. The predicted octanol–water partition coefficient (Wildman–Crippen LogP) is 2.86. The maximum Gasteiger partial charge on any atom is 0.407 e. The summed E-state index contributed by atoms with van der Waals surface area (Å²) in [7, 11) is 0. The summed E-state index contributed by atoms with van der Waals surface area (Å²) in [4.78, 5) is 35.8. The molecule has 1 aliphatic rings. The van der Waals surface area contributed by atoms with E-state index in [9.17, 15) is 9.59 Å². The molecule has 0 saturated carbocycles. The Labute approximate surface area is 175 Å². The summed E-state index contributed by atoms with van der Waals surface area (Å²) in [5.74, 6) is 0.164. The van der Waals surface area contributed by atoms with Gasteiger partial charge in [-0.05, 0) is 19.8 Å². The Kier molecular flexibility index (Phi) is 5.63. The molecule has 0 aromatic carbocycles. The first-order valence-electron chi connectivity index (χ1n) is 9.23. The van der Waals surface area contributed by atoms with E-state index in [2.05, 4.69) is 20.4 Å². The van der Waals surface area contributed by atoms with Crippen LogP contribution in [-0.2, 0) is 4.74 Å². The average molecular weight is 435 g/mol. The SMILES string of the molecule is CCOC(=O)NC1CCN(C(=O)c2cc(Cl)nc(-c3cnn4ccsc34)n2)CC1. The molecule has 152 valence electrons. The van der Waals surface area contributed by atoms with Crippen molar-refractivity contribution in [3.63, 3.8) is 0 Å². The van der Waals surface area contributed by atoms with Crippen LogP contribution in [0.15, 0.2) is 23.8 Å². The molecule has 2 amide bonds. The van der Waals surface area contributed by atoms with Crippen LogP contribution in [-0.4, -0.2) is 62.2 Å². The number of likely N-dealkylation sites (tertiary alicyclic amines) is 1. The van der Waals surface area contributed by atoms with Gasteiger partial charge in [-0.1, -0.05) is 11.6 Å². The molecule has 29 heavy (non-hydrogen) atoms. The van der Waals surface area contributed by atoms with Gasteiger partial charge in [0.15, 0.2) is 5.82 Å². The maximum absolute atomic E-state index is 13.0. The van der Waals surface area contributed by atoms with Gasteiger partial charge in [-0.2, -0.15) is 5.10 Å². The molecule has 4 rings (SSSR count). The number of hydrogen-bond donors (Lipinski definition) is 1. The van der Waals surface area contributed by atoms with E-state index in [0.717, 1.165) is 10.4 Å². The number of nitrogens with zero attached hydrogens (tertiary/aromatic N) is 5. The lowest BCUT2D eigenvalue weighted by Gasteiger charge is -2.32. The van der Waals surface area contributed by atoms with Gasteiger partial charge < -0.3 is 15.0 Å². The quantitative estimate of drug-likeness (QED) is 0.633. The number of carbonyl (C=O) groups excluding carboxylic acids is 2. The summed E-state index contributed by atoms with van der Waals surface area (Å²) in [6, 6.07) is 1.47. The van der Waals surface area contributed by atoms with Gasteiger partial charge in [0, 0.05) is 36.8 Å². The van der Waals surface area contributed by atoms with Crippen molar-refractivity contribution in [3.05, 3.63) is 34.7 Å². The molecular weight excluding hydrogens is 416 g/mol. The average Bonchev–Trinajstić information content (AvgIpc) is 3.31. The second-order valence-electron chi connectivity index (χ2n) is 6.54. The molecule has 0 unspecified atom stereocenters. The molecular formula is C18H19ClN6O3S. The lowest BCUT2D eigenvalue weighted by molar-refractivity contribution is 0.0696. The van der Waals surface area contributed by atoms with E-state index in [4.69, 9.17) is 16.3 Å². The summed E-state index contributed by atoms with van der Waals surface area (Å²) in [6.45, 7) is 3.11. The molecule has 4 heterocycles. The summed E-state index contributed by atoms with van der Waals surface area (Å²) in [5, 5.41) is 9.19. The van der Waals surface area contributed by atoms with E-state index < -0.39 is 6.09 Å². The highest BCUT2D eigenvalue weighted by Crippen LogP contribution is 2.26. The highest BCUT2D eigenvalue weighted by atomic mass is 35.5. The molecule has 1 fully saturated rings. The van der Waals surface area contributed by atoms with Crippen molar-refractivity contribution >= 4 is 39.8 Å². The van der Waals surface area contributed by atoms with Crippen molar-refractivity contribution in [1.29, 1.82) is 0 Å². The van der Waals surface area contributed by atoms with Crippen LogP contribution in [0.25, 0.3) is 16.2 Å². The predicted molar refractivity (Wildman–Crippen MR) is 108 cm³/mol. The number of alkyl carbamates (subject to hydrolysis) is 1. The fourth-order valence-electron chi connectivity index (χ4n) is 3.26. The third-order valence-electron chi connectivity index (χ3n) is 4.67. The van der Waals surface area contributed by atoms with Crippen LogP contribution in [0.4, 0.5) is 4.79 Å². The van der Waals surface area contributed by atoms with Crippen LogP contribution in [0.2, 0.25) is 5.15 Å². The second kappa shape index (κ2) is 8.34. The minimum atomic E-state index is -0.425. The monoisotopic (exact) mass is 434 g/mol. The van der Waals surface area contributed by atoms with E-state index in [1.165, 1.54) is 17.4 Å². The third kappa shape index (κ3) is 4.18. The van der Waals surface area contributed by atoms with Gasteiger partial charge in [0.1, 0.15) is 15.7 Å². The Morgan fingerprint density at radius 1 is 1.34 bits per heavy atom. The standard InChI is InChI=1S/C18H19ClN6O3S/c1-2-28-18(27)21-11-3-5-24(6-4-11)16(26)13-9-14(19)23-15(22-13)12-10-20-25-7-8-29-17(12)25/h7-11H,2-6H2,1H3,(H,21,27). The molecule has 3 aromatic heterocycles. The first-order chi connectivity index (χ1) is 14.0. The van der Waals surface area contributed by atoms with Crippen molar-refractivity contribution < 1.29 is 14.3 Å². The molecule has 9 nitrogen and oxygen atoms in total. The maximum atomic E-state index is 13.0. The van der Waals surface area contributed by atoms with E-state index in [-0.39, 0.29) is 22.8 Å². The normalized spacial score (nSPS) is 14.9. The second-order valence-corrected chi connectivity index (χ2v) is 7.82. The molecule has 0 atom stereocenters. The number of amides is 2. The summed E-state index contributed by atoms with van der Waals surface area (Å²) in [5.41, 5.74) is 0.974. The smallest absolute Gasteiger partial charge is 0.407 e. The number of ether oxygens (including phenoxy) is 1. The van der Waals surface area contributed by atoms with Crippen LogP contribution >= 0.6 is 22.9 Å². The van der Waals surface area contributed by atoms with Crippen LogP contribution < -0.4 is 5.32 Å². The van der Waals surface area contributed by atoms with Gasteiger partial charge >= 0.3 is 6.09 Å². The largest absolute Gasteiger partial charge is 0.450 e. The number of carbonyl (C=O) groups is 2. The van der Waals surface area contributed by atoms with E-state index in [0.29, 0.717) is 38.4 Å². The Morgan fingerprint density at radius 2 is 2.14 bits per heavy atom. The number of nitrogens with one attached hydrogen (secondary N) is 1. The van der Waals surface area contributed by atoms with Crippen molar-refractivity contribution in [2.75, 3.05) is 19.7 Å². The van der Waals surface area contributed by atoms with Crippen molar-refractivity contribution in [2.24, 2.45) is 0 Å². The van der Waals surface area contributed by atoms with Crippen molar-refractivity contribution in [2.45, 2.75) is 25.8 Å². The Morgan fingerprint density at radius 3 is 2.90 bits per heavy atom. The van der Waals surface area contributed by atoms with E-state index in [1.54, 1.807) is 22.5 Å². The minimum Gasteiger partial charge on any atom is -0.450 e. The Hall–Kier alpha value is -2.72. The van der Waals surface area contributed by atoms with Crippen LogP contribution in [0, 0.1) is 0 Å². The van der Waals surface area contributed by atoms with Crippen molar-refractivity contribution in [1.82, 2.24) is 29.8 Å². The highest BCUT2D eigenvalue weighted by molar-refractivity contribution is 7.16. The number of rotatable bonds is 4. The van der Waals surface area contributed by atoms with Crippen molar-refractivity contribution in [3.8, 4) is 11.4 Å². The first-order valence-corrected chi connectivity index (χ1v) is 10.5. The number of fused-ring (bicyclic) bond motifs is 1. The zero-order chi connectivity index (χ0) is 20.4. The van der Waals surface area contributed by atoms with Gasteiger partial charge in [0.2, 0.25) is 0 Å². The summed E-state index contributed by atoms with van der Waals surface area (Å²) >= 11 is 7.69.